The van der Waals surface area contributed by atoms with Crippen molar-refractivity contribution in [1.29, 1.82) is 0 Å². The van der Waals surface area contributed by atoms with Gasteiger partial charge in [-0.15, -0.1) is 6.58 Å². The third-order valence-electron chi connectivity index (χ3n) is 4.39. The van der Waals surface area contributed by atoms with E-state index < -0.39 is 8.15 Å². The number of hydrogen-bond donors (Lipinski definition) is 1. The lowest BCUT2D eigenvalue weighted by molar-refractivity contribution is 0.642. The minimum absolute atomic E-state index is 0.395. The highest BCUT2D eigenvalue weighted by Gasteiger charge is 2.23. The van der Waals surface area contributed by atoms with Crippen LogP contribution in [0.3, 0.4) is 0 Å². The minimum Gasteiger partial charge on any atom is -0.364 e. The summed E-state index contributed by atoms with van der Waals surface area (Å²) in [6.45, 7) is 12.6. The van der Waals surface area contributed by atoms with Crippen molar-refractivity contribution >= 4 is 18.8 Å². The summed E-state index contributed by atoms with van der Waals surface area (Å²) >= 11 is 0. The molecule has 0 aliphatic carbocycles. The van der Waals surface area contributed by atoms with E-state index in [1.54, 1.807) is 0 Å². The molecule has 0 aromatic heterocycles. The summed E-state index contributed by atoms with van der Waals surface area (Å²) in [7, 11) is -1.35. The number of aryl methyl sites for hydroxylation is 1. The Morgan fingerprint density at radius 3 is 2.21 bits per heavy atom. The molecule has 0 radical (unpaired) electrons. The van der Waals surface area contributed by atoms with Crippen molar-refractivity contribution in [3.63, 3.8) is 0 Å². The molecule has 128 valence electrons. The highest BCUT2D eigenvalue weighted by atomic mass is 31.1. The van der Waals surface area contributed by atoms with E-state index in [0.717, 1.165) is 23.5 Å². The van der Waals surface area contributed by atoms with Crippen molar-refractivity contribution in [2.75, 3.05) is 0 Å². The second-order valence-electron chi connectivity index (χ2n) is 6.86. The first-order valence-corrected chi connectivity index (χ1v) is 10.1. The molecule has 0 heterocycles. The van der Waals surface area contributed by atoms with E-state index in [2.05, 4.69) is 70.7 Å². The van der Waals surface area contributed by atoms with Gasteiger partial charge in [0.05, 0.1) is 8.15 Å². The topological polar surface area (TPSA) is 20.2 Å². The lowest BCUT2D eigenvalue weighted by Crippen LogP contribution is -2.23. The maximum absolute atomic E-state index is 11.4. The number of hydrogen-bond acceptors (Lipinski definition) is 1. The van der Waals surface area contributed by atoms with Gasteiger partial charge in [-0.2, -0.15) is 0 Å². The average Bonchev–Trinajstić information content (AvgIpc) is 2.58. The molecule has 1 unspecified atom stereocenters. The average molecular weight is 340 g/mol. The van der Waals surface area contributed by atoms with E-state index in [-0.39, 0.29) is 0 Å². The quantitative estimate of drug-likeness (QED) is 0.529. The molecule has 1 atom stereocenters. The molecule has 2 rings (SSSR count). The molecule has 0 saturated carbocycles. The van der Waals surface area contributed by atoms with Gasteiger partial charge in [-0.05, 0) is 41.4 Å². The summed E-state index contributed by atoms with van der Waals surface area (Å²) in [5, 5.41) is 2.24. The third-order valence-corrected chi connectivity index (χ3v) is 6.22. The van der Waals surface area contributed by atoms with Crippen LogP contribution in [0.15, 0.2) is 55.1 Å². The molecule has 0 saturated heterocycles. The van der Waals surface area contributed by atoms with Crippen molar-refractivity contribution < 1.29 is 4.89 Å². The van der Waals surface area contributed by atoms with Gasteiger partial charge in [0.25, 0.3) is 0 Å². The lowest BCUT2D eigenvalue weighted by Gasteiger charge is -2.24. The number of allylic oxidation sites excluding steroid dienone is 1. The fraction of sp³-hybridized carbons (Fsp3) is 0.364. The minimum atomic E-state index is -1.35. The van der Waals surface area contributed by atoms with Crippen molar-refractivity contribution in [2.24, 2.45) is 0 Å². The molecule has 0 bridgehead atoms. The van der Waals surface area contributed by atoms with Gasteiger partial charge in [-0.3, -0.25) is 0 Å². The van der Waals surface area contributed by atoms with Gasteiger partial charge in [0, 0.05) is 10.6 Å². The first-order valence-electron chi connectivity index (χ1n) is 8.78. The van der Waals surface area contributed by atoms with Gasteiger partial charge >= 0.3 is 0 Å². The Kier molecular flexibility index (Phi) is 6.78. The maximum atomic E-state index is 11.4. The molecule has 24 heavy (non-hydrogen) atoms. The molecule has 0 aliphatic rings. The Morgan fingerprint density at radius 1 is 0.958 bits per heavy atom. The van der Waals surface area contributed by atoms with E-state index in [1.807, 2.05) is 12.1 Å². The molecule has 0 fully saturated rings. The summed E-state index contributed by atoms with van der Waals surface area (Å²) < 4.78 is 0. The van der Waals surface area contributed by atoms with Crippen LogP contribution in [0.2, 0.25) is 0 Å². The maximum Gasteiger partial charge on any atom is 0.0885 e. The van der Waals surface area contributed by atoms with Crippen LogP contribution in [-0.2, 0) is 6.42 Å². The van der Waals surface area contributed by atoms with E-state index >= 15 is 0 Å². The predicted octanol–water partition coefficient (Wildman–Crippen LogP) is 5.39. The summed E-state index contributed by atoms with van der Waals surface area (Å²) in [6.07, 6.45) is 3.82. The summed E-state index contributed by atoms with van der Waals surface area (Å²) in [5.74, 6) is 0.799. The van der Waals surface area contributed by atoms with Crippen molar-refractivity contribution in [1.82, 2.24) is 0 Å². The van der Waals surface area contributed by atoms with E-state index in [4.69, 9.17) is 0 Å². The Hall–Kier alpha value is -1.43. The lowest BCUT2D eigenvalue weighted by atomic mass is 9.98. The van der Waals surface area contributed by atoms with Gasteiger partial charge in [-0.1, -0.05) is 76.2 Å². The van der Waals surface area contributed by atoms with Crippen molar-refractivity contribution in [3.05, 3.63) is 71.8 Å². The zero-order chi connectivity index (χ0) is 17.7. The van der Waals surface area contributed by atoms with Crippen LogP contribution >= 0.6 is 8.15 Å². The molecular weight excluding hydrogens is 311 g/mol. The van der Waals surface area contributed by atoms with E-state index in [9.17, 15) is 4.89 Å². The first kappa shape index (κ1) is 18.9. The van der Waals surface area contributed by atoms with Crippen molar-refractivity contribution in [3.8, 4) is 0 Å². The number of rotatable bonds is 7. The summed E-state index contributed by atoms with van der Waals surface area (Å²) in [5.41, 5.74) is 3.77. The Bertz CT molecular complexity index is 688. The number of benzene rings is 2. The standard InChI is InChI=1S/C22H29OP/c1-6-7-11-18-12-10-14-20(17(4)5)22(18)24(23)21-15-9-8-13-19(21)16(2)3/h6,8-10,12-17,23H,1,7,11H2,2-5H3. The van der Waals surface area contributed by atoms with E-state index in [1.165, 1.54) is 16.7 Å². The zero-order valence-electron chi connectivity index (χ0n) is 15.3. The van der Waals surface area contributed by atoms with Crippen LogP contribution < -0.4 is 10.6 Å². The molecular formula is C22H29OP. The first-order chi connectivity index (χ1) is 11.5. The van der Waals surface area contributed by atoms with Gasteiger partial charge < -0.3 is 4.89 Å². The van der Waals surface area contributed by atoms with Gasteiger partial charge in [0.15, 0.2) is 0 Å². The largest absolute Gasteiger partial charge is 0.364 e. The van der Waals surface area contributed by atoms with Crippen LogP contribution in [0, 0.1) is 0 Å². The Balaban J connectivity index is 2.59. The van der Waals surface area contributed by atoms with Crippen LogP contribution in [0.25, 0.3) is 0 Å². The monoisotopic (exact) mass is 340 g/mol. The Morgan fingerprint density at radius 2 is 1.58 bits per heavy atom. The predicted molar refractivity (Wildman–Crippen MR) is 108 cm³/mol. The summed E-state index contributed by atoms with van der Waals surface area (Å²) in [6, 6.07) is 14.8. The molecule has 2 aromatic rings. The molecule has 0 amide bonds. The van der Waals surface area contributed by atoms with Crippen LogP contribution in [0.5, 0.6) is 0 Å². The molecule has 2 heteroatoms. The van der Waals surface area contributed by atoms with E-state index in [0.29, 0.717) is 11.8 Å². The van der Waals surface area contributed by atoms with Gasteiger partial charge in [0.2, 0.25) is 0 Å². The van der Waals surface area contributed by atoms with Gasteiger partial charge in [-0.25, -0.2) is 0 Å². The molecule has 0 spiro atoms. The molecule has 1 N–H and O–H groups in total. The highest BCUT2D eigenvalue weighted by molar-refractivity contribution is 7.68. The molecule has 1 nitrogen and oxygen atoms in total. The zero-order valence-corrected chi connectivity index (χ0v) is 16.2. The van der Waals surface area contributed by atoms with Crippen LogP contribution in [-0.4, -0.2) is 4.89 Å². The van der Waals surface area contributed by atoms with Gasteiger partial charge in [0.1, 0.15) is 0 Å². The SMILES string of the molecule is C=CCCc1cccc(C(C)C)c1P(O)c1ccccc1C(C)C. The molecule has 0 aliphatic heterocycles. The Labute approximate surface area is 148 Å². The summed E-state index contributed by atoms with van der Waals surface area (Å²) in [4.78, 5) is 11.4. The second-order valence-corrected chi connectivity index (χ2v) is 8.41. The van der Waals surface area contributed by atoms with Crippen LogP contribution in [0.1, 0.15) is 62.6 Å². The molecule has 2 aromatic carbocycles. The van der Waals surface area contributed by atoms with Crippen molar-refractivity contribution in [2.45, 2.75) is 52.4 Å². The second kappa shape index (κ2) is 8.60. The highest BCUT2D eigenvalue weighted by Crippen LogP contribution is 2.36. The smallest absolute Gasteiger partial charge is 0.0885 e. The third kappa shape index (κ3) is 4.15. The van der Waals surface area contributed by atoms with Crippen LogP contribution in [0.4, 0.5) is 0 Å². The normalized spacial score (nSPS) is 12.6. The fourth-order valence-electron chi connectivity index (χ4n) is 3.08. The fourth-order valence-corrected chi connectivity index (χ4v) is 5.16.